The highest BCUT2D eigenvalue weighted by Crippen LogP contribution is 2.34. The van der Waals surface area contributed by atoms with Crippen molar-refractivity contribution in [1.29, 1.82) is 0 Å². The van der Waals surface area contributed by atoms with E-state index in [1.807, 2.05) is 0 Å². The maximum absolute atomic E-state index is 13.5. The Labute approximate surface area is 221 Å². The van der Waals surface area contributed by atoms with E-state index in [1.54, 1.807) is 6.92 Å². The van der Waals surface area contributed by atoms with E-state index in [0.29, 0.717) is 6.42 Å². The average molecular weight is 571 g/mol. The molecule has 3 atom stereocenters. The van der Waals surface area contributed by atoms with Gasteiger partial charge in [-0.2, -0.15) is 9.04 Å². The minimum absolute atomic E-state index is 0.0132. The number of pyridine rings is 1. The smallest absolute Gasteiger partial charge is 0.573 e. The van der Waals surface area contributed by atoms with Crippen molar-refractivity contribution in [2.75, 3.05) is 13.1 Å². The summed E-state index contributed by atoms with van der Waals surface area (Å²) in [5, 5.41) is 14.1. The van der Waals surface area contributed by atoms with Gasteiger partial charge in [0.1, 0.15) is 17.8 Å². The number of benzene rings is 1. The predicted octanol–water partition coefficient (Wildman–Crippen LogP) is 1.36. The number of likely N-dealkylation sites (tertiary alicyclic amines) is 1. The number of alkyl halides is 3. The van der Waals surface area contributed by atoms with Crippen LogP contribution in [0.15, 0.2) is 53.7 Å². The van der Waals surface area contributed by atoms with Crippen LogP contribution in [0, 0.1) is 5.21 Å². The van der Waals surface area contributed by atoms with Gasteiger partial charge in [0.15, 0.2) is 12.0 Å². The fourth-order valence-corrected chi connectivity index (χ4v) is 6.52. The number of halogens is 3. The molecule has 1 aromatic heterocycles. The number of sulfonamides is 1. The molecule has 1 aromatic carbocycles. The lowest BCUT2D eigenvalue weighted by Crippen LogP contribution is -2.52. The number of hydrogen-bond donors (Lipinski definition) is 1. The van der Waals surface area contributed by atoms with Crippen molar-refractivity contribution in [2.45, 2.75) is 55.7 Å². The lowest BCUT2D eigenvalue weighted by molar-refractivity contribution is -0.646. The van der Waals surface area contributed by atoms with Crippen LogP contribution in [-0.4, -0.2) is 72.8 Å². The third-order valence-corrected chi connectivity index (χ3v) is 8.41. The Morgan fingerprint density at radius 1 is 1.21 bits per heavy atom. The van der Waals surface area contributed by atoms with Gasteiger partial charge < -0.3 is 20.2 Å². The molecule has 2 aliphatic rings. The number of hydrogen-bond acceptors (Lipinski definition) is 7. The summed E-state index contributed by atoms with van der Waals surface area (Å²) < 4.78 is 68.5. The number of carbonyl (C=O) groups excluding carboxylic acids is 3. The van der Waals surface area contributed by atoms with Crippen molar-refractivity contribution in [3.8, 4) is 5.75 Å². The second-order valence-corrected chi connectivity index (χ2v) is 10.9. The fourth-order valence-electron chi connectivity index (χ4n) is 4.87. The first-order valence-electron chi connectivity index (χ1n) is 12.0. The Kier molecular flexibility index (Phi) is 7.84. The fraction of sp³-hybridized carbons (Fsp3) is 0.417. The molecule has 0 saturated carbocycles. The second-order valence-electron chi connectivity index (χ2n) is 9.10. The second kappa shape index (κ2) is 10.8. The molecule has 15 heteroatoms. The van der Waals surface area contributed by atoms with E-state index >= 15 is 0 Å². The SMILES string of the molecule is CCCC(NC(=O)c1ccc(OC(F)(F)F)cc1)C(=O)N1CCC2C1C(=O)CN2S(=O)(=O)c1cccc[n+]1[O-]. The van der Waals surface area contributed by atoms with Gasteiger partial charge in [-0.3, -0.25) is 14.4 Å². The summed E-state index contributed by atoms with van der Waals surface area (Å²) in [6.07, 6.45) is -3.03. The Morgan fingerprint density at radius 2 is 1.90 bits per heavy atom. The van der Waals surface area contributed by atoms with E-state index in [1.165, 1.54) is 17.0 Å². The molecular weight excluding hydrogens is 545 g/mol. The van der Waals surface area contributed by atoms with Crippen LogP contribution >= 0.6 is 0 Å². The number of ether oxygens (including phenoxy) is 1. The number of fused-ring (bicyclic) bond motifs is 1. The average Bonchev–Trinajstić information content (AvgIpc) is 3.44. The van der Waals surface area contributed by atoms with Crippen molar-refractivity contribution in [3.63, 3.8) is 0 Å². The monoisotopic (exact) mass is 570 g/mol. The zero-order chi connectivity index (χ0) is 28.5. The molecule has 4 rings (SSSR count). The van der Waals surface area contributed by atoms with Gasteiger partial charge in [0.05, 0.1) is 12.6 Å². The van der Waals surface area contributed by atoms with Crippen LogP contribution in [0.5, 0.6) is 5.75 Å². The normalized spacial score (nSPS) is 20.5. The van der Waals surface area contributed by atoms with Gasteiger partial charge in [0.2, 0.25) is 5.91 Å². The highest BCUT2D eigenvalue weighted by atomic mass is 32.2. The molecule has 3 unspecified atom stereocenters. The minimum atomic E-state index is -4.89. The topological polar surface area (TPSA) is 140 Å². The molecule has 39 heavy (non-hydrogen) atoms. The third kappa shape index (κ3) is 5.83. The summed E-state index contributed by atoms with van der Waals surface area (Å²) in [4.78, 5) is 40.4. The van der Waals surface area contributed by atoms with Crippen LogP contribution in [0.1, 0.15) is 36.5 Å². The van der Waals surface area contributed by atoms with E-state index in [2.05, 4.69) is 10.1 Å². The highest BCUT2D eigenvalue weighted by Gasteiger charge is 2.55. The molecule has 2 aromatic rings. The number of Topliss-reactive ketones (excluding diaryl/α,β-unsaturated/α-hetero) is 1. The quantitative estimate of drug-likeness (QED) is 0.373. The summed E-state index contributed by atoms with van der Waals surface area (Å²) >= 11 is 0. The molecule has 2 saturated heterocycles. The molecule has 3 heterocycles. The van der Waals surface area contributed by atoms with Crippen LogP contribution in [-0.2, 0) is 19.6 Å². The number of nitrogens with one attached hydrogen (secondary N) is 1. The summed E-state index contributed by atoms with van der Waals surface area (Å²) in [5.74, 6) is -2.33. The van der Waals surface area contributed by atoms with E-state index in [-0.39, 0.29) is 29.7 Å². The predicted molar refractivity (Wildman–Crippen MR) is 127 cm³/mol. The van der Waals surface area contributed by atoms with Crippen LogP contribution < -0.4 is 14.8 Å². The molecule has 11 nitrogen and oxygen atoms in total. The van der Waals surface area contributed by atoms with E-state index in [0.717, 1.165) is 40.8 Å². The van der Waals surface area contributed by atoms with Gasteiger partial charge in [-0.05, 0) is 43.2 Å². The summed E-state index contributed by atoms with van der Waals surface area (Å²) in [6, 6.07) is 5.04. The zero-order valence-corrected chi connectivity index (χ0v) is 21.4. The molecule has 1 N–H and O–H groups in total. The van der Waals surface area contributed by atoms with E-state index in [4.69, 9.17) is 0 Å². The molecule has 2 aliphatic heterocycles. The molecule has 0 spiro atoms. The first kappa shape index (κ1) is 28.3. The zero-order valence-electron chi connectivity index (χ0n) is 20.6. The lowest BCUT2D eigenvalue weighted by atomic mass is 10.1. The van der Waals surface area contributed by atoms with Gasteiger partial charge in [0, 0.05) is 24.2 Å². The largest absolute Gasteiger partial charge is 0.618 e. The van der Waals surface area contributed by atoms with Gasteiger partial charge in [0.25, 0.3) is 5.91 Å². The Morgan fingerprint density at radius 3 is 2.51 bits per heavy atom. The number of amides is 2. The third-order valence-electron chi connectivity index (χ3n) is 6.55. The molecule has 2 fully saturated rings. The Hall–Kier alpha value is -3.72. The van der Waals surface area contributed by atoms with Crippen molar-refractivity contribution < 1.29 is 45.4 Å². The summed E-state index contributed by atoms with van der Waals surface area (Å²) in [6.45, 7) is 1.32. The molecule has 0 aliphatic carbocycles. The van der Waals surface area contributed by atoms with Gasteiger partial charge >= 0.3 is 21.4 Å². The van der Waals surface area contributed by atoms with E-state index < -0.39 is 69.4 Å². The maximum atomic E-state index is 13.5. The van der Waals surface area contributed by atoms with E-state index in [9.17, 15) is 41.2 Å². The molecular formula is C24H25F3N4O7S. The number of ketones is 1. The van der Waals surface area contributed by atoms with Crippen LogP contribution in [0.4, 0.5) is 13.2 Å². The number of carbonyl (C=O) groups is 3. The van der Waals surface area contributed by atoms with Crippen LogP contribution in [0.3, 0.4) is 0 Å². The van der Waals surface area contributed by atoms with Gasteiger partial charge in [-0.15, -0.1) is 13.2 Å². The standard InChI is InChI=1S/C24H25F3N4O7S/c1-2-5-17(28-22(33)15-7-9-16(10-8-15)38-24(25,26)27)23(34)29-13-11-18-21(29)19(32)14-31(18)39(36,37)20-6-3-4-12-30(20)35/h3-4,6-10,12,17-18,21H,2,5,11,13-14H2,1H3,(H,28,33). The number of rotatable bonds is 8. The molecule has 2 amide bonds. The van der Waals surface area contributed by atoms with Crippen molar-refractivity contribution in [2.24, 2.45) is 0 Å². The Bertz CT molecular complexity index is 1370. The van der Waals surface area contributed by atoms with Crippen LogP contribution in [0.25, 0.3) is 0 Å². The number of aromatic nitrogens is 1. The molecule has 0 bridgehead atoms. The van der Waals surface area contributed by atoms with Gasteiger partial charge in [-0.1, -0.05) is 13.3 Å². The van der Waals surface area contributed by atoms with Crippen molar-refractivity contribution in [3.05, 3.63) is 59.4 Å². The minimum Gasteiger partial charge on any atom is -0.618 e. The molecule has 210 valence electrons. The summed E-state index contributed by atoms with van der Waals surface area (Å²) in [7, 11) is -4.33. The number of nitrogens with zero attached hydrogens (tertiary/aromatic N) is 3. The lowest BCUT2D eigenvalue weighted by Gasteiger charge is -2.28. The Balaban J connectivity index is 1.49. The van der Waals surface area contributed by atoms with Crippen molar-refractivity contribution in [1.82, 2.24) is 14.5 Å². The van der Waals surface area contributed by atoms with Gasteiger partial charge in [-0.25, -0.2) is 8.42 Å². The van der Waals surface area contributed by atoms with Crippen LogP contribution in [0.2, 0.25) is 0 Å². The van der Waals surface area contributed by atoms with Crippen molar-refractivity contribution >= 4 is 27.6 Å². The summed E-state index contributed by atoms with van der Waals surface area (Å²) in [5.41, 5.74) is -0.0132. The maximum Gasteiger partial charge on any atom is 0.573 e. The first-order chi connectivity index (χ1) is 18.3. The molecule has 0 radical (unpaired) electrons. The highest BCUT2D eigenvalue weighted by molar-refractivity contribution is 7.89. The first-order valence-corrected chi connectivity index (χ1v) is 13.5.